The largest absolute Gasteiger partial charge is 0.491 e. The van der Waals surface area contributed by atoms with Gasteiger partial charge in [-0.25, -0.2) is 9.78 Å². The Bertz CT molecular complexity index is 1270. The first-order valence-electron chi connectivity index (χ1n) is 10.2. The summed E-state index contributed by atoms with van der Waals surface area (Å²) < 4.78 is 0. The molecular formula is C20H19N7O7S2. The molecule has 1 saturated heterocycles. The van der Waals surface area contributed by atoms with Crippen LogP contribution in [0.4, 0.5) is 5.13 Å². The van der Waals surface area contributed by atoms with Gasteiger partial charge in [-0.1, -0.05) is 5.16 Å². The maximum atomic E-state index is 12.9. The van der Waals surface area contributed by atoms with E-state index >= 15 is 0 Å². The molecule has 36 heavy (non-hydrogen) atoms. The Morgan fingerprint density at radius 1 is 1.33 bits per heavy atom. The molecule has 4 heterocycles. The summed E-state index contributed by atoms with van der Waals surface area (Å²) in [5.74, 6) is -2.96. The van der Waals surface area contributed by atoms with E-state index in [-0.39, 0.29) is 40.1 Å². The zero-order valence-electron chi connectivity index (χ0n) is 18.5. The van der Waals surface area contributed by atoms with Crippen molar-refractivity contribution in [2.45, 2.75) is 11.4 Å². The van der Waals surface area contributed by atoms with Gasteiger partial charge < -0.3 is 31.0 Å². The number of carboxylic acids is 1. The smallest absolute Gasteiger partial charge is 0.352 e. The van der Waals surface area contributed by atoms with Crippen molar-refractivity contribution in [1.82, 2.24) is 20.1 Å². The molecule has 1 aromatic heterocycles. The van der Waals surface area contributed by atoms with Crippen molar-refractivity contribution in [3.8, 4) is 0 Å². The highest BCUT2D eigenvalue weighted by Crippen LogP contribution is 2.40. The number of carbonyl (C=O) groups excluding carboxylic acids is 2. The molecule has 1 aromatic rings. The third-order valence-corrected chi connectivity index (χ3v) is 7.32. The number of aliphatic carboxylic acids is 1. The predicted octanol–water partition coefficient (Wildman–Crippen LogP) is 0.693. The fraction of sp³-hybridized carbons (Fsp3) is 0.250. The lowest BCUT2D eigenvalue weighted by Gasteiger charge is -2.49. The number of fused-ring (bicyclic) bond motifs is 1. The number of aliphatic hydroxyl groups is 1. The number of thioether (sulfide) groups is 1. The summed E-state index contributed by atoms with van der Waals surface area (Å²) >= 11 is 2.41. The van der Waals surface area contributed by atoms with E-state index < -0.39 is 35.1 Å². The molecule has 0 radical (unpaired) electrons. The summed E-state index contributed by atoms with van der Waals surface area (Å²) in [6.07, 6.45) is 5.99. The number of aliphatic hydroxyl groups excluding tert-OH is 1. The fourth-order valence-corrected chi connectivity index (χ4v) is 5.57. The number of thiazole rings is 1. The van der Waals surface area contributed by atoms with Crippen LogP contribution >= 0.6 is 23.1 Å². The SMILES string of the molecule is CON=C(C(=O)N[C@@H]1C(=O)N2C(C(=O)O)=C(CN3C=CC(=C(O)N=O)C=C3)CS[C@H]12)c1csc(N)n1. The molecule has 0 bridgehead atoms. The molecule has 2 amide bonds. The Morgan fingerprint density at radius 3 is 2.64 bits per heavy atom. The maximum absolute atomic E-state index is 12.9. The number of oxime groups is 1. The predicted molar refractivity (Wildman–Crippen MR) is 130 cm³/mol. The minimum Gasteiger partial charge on any atom is -0.491 e. The fourth-order valence-electron chi connectivity index (χ4n) is 3.69. The molecule has 188 valence electrons. The number of rotatable bonds is 8. The molecule has 0 aliphatic carbocycles. The summed E-state index contributed by atoms with van der Waals surface area (Å²) in [4.78, 5) is 59.8. The van der Waals surface area contributed by atoms with E-state index in [0.29, 0.717) is 5.57 Å². The van der Waals surface area contributed by atoms with Gasteiger partial charge in [-0.15, -0.1) is 28.0 Å². The van der Waals surface area contributed by atoms with Crippen LogP contribution in [-0.2, 0) is 19.2 Å². The van der Waals surface area contributed by atoms with Crippen LogP contribution in [0.5, 0.6) is 0 Å². The van der Waals surface area contributed by atoms with Gasteiger partial charge in [0.25, 0.3) is 17.7 Å². The first kappa shape index (κ1) is 24.9. The lowest BCUT2D eigenvalue weighted by atomic mass is 10.0. The number of nitrogen functional groups attached to an aromatic ring is 1. The minimum absolute atomic E-state index is 0.146. The van der Waals surface area contributed by atoms with Gasteiger partial charge in [-0.2, -0.15) is 0 Å². The van der Waals surface area contributed by atoms with Crippen LogP contribution < -0.4 is 11.1 Å². The topological polar surface area (TPSA) is 200 Å². The van der Waals surface area contributed by atoms with Gasteiger partial charge in [0, 0.05) is 40.8 Å². The van der Waals surface area contributed by atoms with E-state index in [1.54, 1.807) is 17.3 Å². The van der Waals surface area contributed by atoms with E-state index in [1.165, 1.54) is 36.4 Å². The number of aromatic nitrogens is 1. The van der Waals surface area contributed by atoms with Crippen molar-refractivity contribution < 1.29 is 29.4 Å². The summed E-state index contributed by atoms with van der Waals surface area (Å²) in [5.41, 5.74) is 6.16. The van der Waals surface area contributed by atoms with Crippen LogP contribution in [0.15, 0.2) is 63.0 Å². The first-order chi connectivity index (χ1) is 17.2. The summed E-state index contributed by atoms with van der Waals surface area (Å²) in [6, 6.07) is -0.974. The van der Waals surface area contributed by atoms with Gasteiger partial charge in [0.1, 0.15) is 29.9 Å². The quantitative estimate of drug-likeness (QED) is 0.120. The van der Waals surface area contributed by atoms with Crippen LogP contribution in [0.3, 0.4) is 0 Å². The van der Waals surface area contributed by atoms with Crippen LogP contribution in [0.2, 0.25) is 0 Å². The van der Waals surface area contributed by atoms with Gasteiger partial charge >= 0.3 is 5.97 Å². The second-order valence-electron chi connectivity index (χ2n) is 7.49. The number of nitrogens with zero attached hydrogens (tertiary/aromatic N) is 5. The minimum atomic E-state index is -1.28. The number of nitrogens with one attached hydrogen (secondary N) is 1. The average Bonchev–Trinajstić information content (AvgIpc) is 3.30. The molecule has 0 spiro atoms. The Kier molecular flexibility index (Phi) is 7.07. The average molecular weight is 534 g/mol. The van der Waals surface area contributed by atoms with Crippen molar-refractivity contribution >= 4 is 51.7 Å². The molecule has 14 nitrogen and oxygen atoms in total. The lowest BCUT2D eigenvalue weighted by molar-refractivity contribution is -0.150. The van der Waals surface area contributed by atoms with Crippen molar-refractivity contribution in [2.24, 2.45) is 10.3 Å². The van der Waals surface area contributed by atoms with E-state index in [4.69, 9.17) is 10.6 Å². The Balaban J connectivity index is 1.49. The lowest BCUT2D eigenvalue weighted by Crippen LogP contribution is -2.71. The van der Waals surface area contributed by atoms with E-state index in [2.05, 4.69) is 20.6 Å². The van der Waals surface area contributed by atoms with E-state index in [0.717, 1.165) is 16.2 Å². The molecule has 4 rings (SSSR count). The van der Waals surface area contributed by atoms with E-state index in [1.807, 2.05) is 0 Å². The zero-order chi connectivity index (χ0) is 26.0. The normalized spacial score (nSPS) is 21.2. The number of nitrogens with two attached hydrogens (primary N) is 1. The van der Waals surface area contributed by atoms with Crippen molar-refractivity contribution in [1.29, 1.82) is 0 Å². The van der Waals surface area contributed by atoms with Gasteiger partial charge in [0.2, 0.25) is 0 Å². The zero-order valence-corrected chi connectivity index (χ0v) is 20.2. The highest BCUT2D eigenvalue weighted by Gasteiger charge is 2.54. The Labute approximate surface area is 211 Å². The summed E-state index contributed by atoms with van der Waals surface area (Å²) in [7, 11) is 1.26. The van der Waals surface area contributed by atoms with Gasteiger partial charge in [-0.3, -0.25) is 14.5 Å². The Hall–Kier alpha value is -4.18. The number of amides is 2. The number of nitroso groups, excluding NO2 is 1. The van der Waals surface area contributed by atoms with Crippen LogP contribution in [0.1, 0.15) is 5.69 Å². The van der Waals surface area contributed by atoms with Crippen LogP contribution in [0, 0.1) is 4.91 Å². The summed E-state index contributed by atoms with van der Waals surface area (Å²) in [6.45, 7) is 0.146. The third-order valence-electron chi connectivity index (χ3n) is 5.31. The van der Waals surface area contributed by atoms with Gasteiger partial charge in [0.15, 0.2) is 10.8 Å². The van der Waals surface area contributed by atoms with Gasteiger partial charge in [-0.05, 0) is 17.7 Å². The molecule has 0 saturated carbocycles. The first-order valence-corrected chi connectivity index (χ1v) is 12.1. The molecule has 3 aliphatic rings. The van der Waals surface area contributed by atoms with Gasteiger partial charge in [0.05, 0.1) is 0 Å². The highest BCUT2D eigenvalue weighted by atomic mass is 32.2. The number of carbonyl (C=O) groups is 3. The molecule has 0 aromatic carbocycles. The standard InChI is InChI=1S/C20H19N7O7S2/c1-34-25-12(11-8-36-20(21)22-11)16(29)23-13-17(30)27-14(19(31)32)10(7-35-18(13)27)6-26-4-2-9(3-5-26)15(28)24-33/h2-5,8,13,18,28H,6-7H2,1H3,(H2,21,22)(H,23,29)(H,31,32)/t13-,18-/m1/s1. The summed E-state index contributed by atoms with van der Waals surface area (Å²) in [5, 5.41) is 29.1. The second-order valence-corrected chi connectivity index (χ2v) is 9.48. The molecular weight excluding hydrogens is 514 g/mol. The number of hydrogen-bond acceptors (Lipinski definition) is 13. The maximum Gasteiger partial charge on any atom is 0.352 e. The molecule has 16 heteroatoms. The number of carboxylic acid groups (broad SMARTS) is 1. The highest BCUT2D eigenvalue weighted by molar-refractivity contribution is 8.00. The van der Waals surface area contributed by atoms with Crippen molar-refractivity contribution in [2.75, 3.05) is 25.1 Å². The molecule has 2 atom stereocenters. The Morgan fingerprint density at radius 2 is 2.06 bits per heavy atom. The van der Waals surface area contributed by atoms with Crippen molar-refractivity contribution in [3.63, 3.8) is 0 Å². The molecule has 5 N–H and O–H groups in total. The molecule has 1 fully saturated rings. The number of anilines is 1. The van der Waals surface area contributed by atoms with Crippen LogP contribution in [-0.4, -0.2) is 79.3 Å². The number of β-lactam (4-membered cyclic amide) rings is 1. The van der Waals surface area contributed by atoms with E-state index in [9.17, 15) is 29.5 Å². The molecule has 3 aliphatic heterocycles. The third kappa shape index (κ3) is 4.67. The molecule has 0 unspecified atom stereocenters. The number of allylic oxidation sites excluding steroid dienone is 3. The second kappa shape index (κ2) is 10.2. The van der Waals surface area contributed by atoms with Crippen molar-refractivity contribution in [3.05, 3.63) is 63.3 Å². The van der Waals surface area contributed by atoms with Crippen LogP contribution in [0.25, 0.3) is 0 Å². The monoisotopic (exact) mass is 533 g/mol. The number of hydrogen-bond donors (Lipinski definition) is 4.